The summed E-state index contributed by atoms with van der Waals surface area (Å²) in [5, 5.41) is -0.200. The molecule has 0 aliphatic heterocycles. The van der Waals surface area contributed by atoms with Gasteiger partial charge in [0.2, 0.25) is 0 Å². The van der Waals surface area contributed by atoms with Gasteiger partial charge < -0.3 is 0 Å². The van der Waals surface area contributed by atoms with E-state index >= 15 is 0 Å². The molecule has 0 N–H and O–H groups in total. The van der Waals surface area contributed by atoms with E-state index in [2.05, 4.69) is 6.92 Å². The van der Waals surface area contributed by atoms with E-state index in [0.717, 1.165) is 6.42 Å². The van der Waals surface area contributed by atoms with Crippen LogP contribution < -0.4 is 0 Å². The molecule has 2 atom stereocenters. The van der Waals surface area contributed by atoms with Crippen molar-refractivity contribution in [3.05, 3.63) is 6.92 Å². The van der Waals surface area contributed by atoms with Gasteiger partial charge in [-0.1, -0.05) is 6.92 Å². The highest BCUT2D eigenvalue weighted by Gasteiger charge is 2.23. The van der Waals surface area contributed by atoms with Crippen molar-refractivity contribution in [2.24, 2.45) is 0 Å². The molecule has 2 unspecified atom stereocenters. The van der Waals surface area contributed by atoms with Crippen LogP contribution in [0.5, 0.6) is 0 Å². The molecule has 0 saturated heterocycles. The van der Waals surface area contributed by atoms with Crippen molar-refractivity contribution in [2.45, 2.75) is 30.5 Å². The highest BCUT2D eigenvalue weighted by Crippen LogP contribution is 2.26. The largest absolute Gasteiger partial charge is 0.121 e. The Morgan fingerprint density at radius 3 is 2.12 bits per heavy atom. The van der Waals surface area contributed by atoms with E-state index in [1.54, 1.807) is 0 Å². The third-order valence-corrected chi connectivity index (χ3v) is 2.47. The second-order valence-corrected chi connectivity index (χ2v) is 3.49. The standard InChI is InChI=1S/C6H11Cl2/c1-4-6(3,8)5(2)7/h5H,2,4H2,1,3H3. The molecule has 0 rings (SSSR count). The molecule has 1 radical (unpaired) electrons. The van der Waals surface area contributed by atoms with E-state index in [1.165, 1.54) is 0 Å². The van der Waals surface area contributed by atoms with Crippen molar-refractivity contribution in [1.29, 1.82) is 0 Å². The summed E-state index contributed by atoms with van der Waals surface area (Å²) < 4.78 is 0. The summed E-state index contributed by atoms with van der Waals surface area (Å²) in [5.41, 5.74) is 0. The predicted octanol–water partition coefficient (Wildman–Crippen LogP) is 2.84. The molecule has 2 heteroatoms. The van der Waals surface area contributed by atoms with Crippen LogP contribution >= 0.6 is 23.2 Å². The molecule has 0 bridgehead atoms. The minimum atomic E-state index is -0.332. The van der Waals surface area contributed by atoms with Gasteiger partial charge in [0.1, 0.15) is 0 Å². The summed E-state index contributed by atoms with van der Waals surface area (Å²) in [6, 6.07) is 0. The van der Waals surface area contributed by atoms with Crippen molar-refractivity contribution in [1.82, 2.24) is 0 Å². The van der Waals surface area contributed by atoms with Crippen molar-refractivity contribution in [3.8, 4) is 0 Å². The lowest BCUT2D eigenvalue weighted by atomic mass is 10.1. The Labute approximate surface area is 61.2 Å². The quantitative estimate of drug-likeness (QED) is 0.536. The van der Waals surface area contributed by atoms with Gasteiger partial charge in [-0.3, -0.25) is 0 Å². The van der Waals surface area contributed by atoms with E-state index in [9.17, 15) is 0 Å². The third-order valence-electron chi connectivity index (χ3n) is 1.34. The van der Waals surface area contributed by atoms with Gasteiger partial charge in [-0.15, -0.1) is 23.2 Å². The normalized spacial score (nSPS) is 22.1. The van der Waals surface area contributed by atoms with E-state index in [-0.39, 0.29) is 10.3 Å². The topological polar surface area (TPSA) is 0 Å². The lowest BCUT2D eigenvalue weighted by Crippen LogP contribution is -2.25. The second-order valence-electron chi connectivity index (χ2n) is 2.10. The van der Waals surface area contributed by atoms with E-state index in [1.807, 2.05) is 13.8 Å². The second kappa shape index (κ2) is 2.93. The zero-order valence-corrected chi connectivity index (χ0v) is 6.76. The predicted molar refractivity (Wildman–Crippen MR) is 39.5 cm³/mol. The van der Waals surface area contributed by atoms with Gasteiger partial charge in [0, 0.05) is 0 Å². The molecular weight excluding hydrogens is 143 g/mol. The summed E-state index contributed by atoms with van der Waals surface area (Å²) >= 11 is 11.5. The highest BCUT2D eigenvalue weighted by atomic mass is 35.5. The molecule has 0 fully saturated rings. The smallest absolute Gasteiger partial charge is 0.0579 e. The van der Waals surface area contributed by atoms with E-state index in [4.69, 9.17) is 23.2 Å². The Hall–Kier alpha value is 0.580. The van der Waals surface area contributed by atoms with Gasteiger partial charge in [-0.2, -0.15) is 0 Å². The molecule has 8 heavy (non-hydrogen) atoms. The first kappa shape index (κ1) is 8.58. The van der Waals surface area contributed by atoms with Gasteiger partial charge in [-0.05, 0) is 20.3 Å². The Kier molecular flexibility index (Phi) is 3.14. The maximum Gasteiger partial charge on any atom is 0.0579 e. The summed E-state index contributed by atoms with van der Waals surface area (Å²) in [4.78, 5) is -0.332. The number of hydrogen-bond acceptors (Lipinski definition) is 0. The van der Waals surface area contributed by atoms with Gasteiger partial charge in [0.15, 0.2) is 0 Å². The molecule has 0 aliphatic carbocycles. The maximum atomic E-state index is 5.86. The molecule has 0 saturated carbocycles. The van der Waals surface area contributed by atoms with Crippen LogP contribution in [0.15, 0.2) is 0 Å². The van der Waals surface area contributed by atoms with Crippen LogP contribution in [0.3, 0.4) is 0 Å². The van der Waals surface area contributed by atoms with Crippen LogP contribution in [0.25, 0.3) is 0 Å². The minimum Gasteiger partial charge on any atom is -0.121 e. The van der Waals surface area contributed by atoms with E-state index in [0.29, 0.717) is 0 Å². The van der Waals surface area contributed by atoms with Crippen LogP contribution in [0.2, 0.25) is 0 Å². The number of hydrogen-bond donors (Lipinski definition) is 0. The minimum absolute atomic E-state index is 0.200. The summed E-state index contributed by atoms with van der Waals surface area (Å²) in [7, 11) is 0. The van der Waals surface area contributed by atoms with Crippen molar-refractivity contribution < 1.29 is 0 Å². The molecule has 0 amide bonds. The highest BCUT2D eigenvalue weighted by molar-refractivity contribution is 6.32. The monoisotopic (exact) mass is 153 g/mol. The average Bonchev–Trinajstić information content (AvgIpc) is 1.67. The molecular formula is C6H11Cl2. The van der Waals surface area contributed by atoms with Gasteiger partial charge in [0.25, 0.3) is 0 Å². The molecule has 0 nitrogen and oxygen atoms in total. The average molecular weight is 154 g/mol. The van der Waals surface area contributed by atoms with E-state index < -0.39 is 0 Å². The number of alkyl halides is 2. The summed E-state index contributed by atoms with van der Waals surface area (Å²) in [6.45, 7) is 7.50. The molecule has 0 aromatic rings. The van der Waals surface area contributed by atoms with Gasteiger partial charge in [-0.25, -0.2) is 0 Å². The first-order chi connectivity index (χ1) is 3.50. The molecule has 0 aliphatic rings. The molecule has 0 heterocycles. The summed E-state index contributed by atoms with van der Waals surface area (Å²) in [5.74, 6) is 0. The third kappa shape index (κ3) is 2.23. The maximum absolute atomic E-state index is 5.86. The molecule has 49 valence electrons. The van der Waals surface area contributed by atoms with Gasteiger partial charge in [0.05, 0.1) is 10.3 Å². The lowest BCUT2D eigenvalue weighted by Gasteiger charge is -2.21. The van der Waals surface area contributed by atoms with Crippen molar-refractivity contribution >= 4 is 23.2 Å². The molecule has 0 aromatic carbocycles. The Bertz CT molecular complexity index is 66.9. The zero-order chi connectivity index (χ0) is 6.78. The van der Waals surface area contributed by atoms with Crippen LogP contribution in [-0.4, -0.2) is 10.3 Å². The SMILES string of the molecule is [CH2]C(Cl)C(C)(Cl)CC. The van der Waals surface area contributed by atoms with Gasteiger partial charge >= 0.3 is 0 Å². The Morgan fingerprint density at radius 1 is 1.75 bits per heavy atom. The summed E-state index contributed by atoms with van der Waals surface area (Å²) in [6.07, 6.45) is 0.853. The number of halogens is 2. The molecule has 0 aromatic heterocycles. The Balaban J connectivity index is 3.71. The van der Waals surface area contributed by atoms with Crippen molar-refractivity contribution in [2.75, 3.05) is 0 Å². The fraction of sp³-hybridized carbons (Fsp3) is 0.833. The van der Waals surface area contributed by atoms with Crippen LogP contribution in [0.4, 0.5) is 0 Å². The Morgan fingerprint density at radius 2 is 2.12 bits per heavy atom. The van der Waals surface area contributed by atoms with Crippen LogP contribution in [0.1, 0.15) is 20.3 Å². The van der Waals surface area contributed by atoms with Crippen LogP contribution in [-0.2, 0) is 0 Å². The lowest BCUT2D eigenvalue weighted by molar-refractivity contribution is 0.621. The fourth-order valence-corrected chi connectivity index (χ4v) is 0.376. The first-order valence-corrected chi connectivity index (χ1v) is 3.48. The fourth-order valence-electron chi connectivity index (χ4n) is 0.221. The number of rotatable bonds is 2. The van der Waals surface area contributed by atoms with Crippen LogP contribution in [0, 0.1) is 6.92 Å². The zero-order valence-electron chi connectivity index (χ0n) is 5.25. The van der Waals surface area contributed by atoms with Crippen molar-refractivity contribution in [3.63, 3.8) is 0 Å². The first-order valence-electron chi connectivity index (χ1n) is 2.66. The molecule has 0 spiro atoms.